The maximum atomic E-state index is 11.6. The van der Waals surface area contributed by atoms with Gasteiger partial charge in [0.2, 0.25) is 5.91 Å². The Labute approximate surface area is 101 Å². The number of ether oxygens (including phenoxy) is 1. The molecule has 0 saturated carbocycles. The summed E-state index contributed by atoms with van der Waals surface area (Å²) in [5, 5.41) is 8.65. The van der Waals surface area contributed by atoms with Crippen LogP contribution in [0.5, 0.6) is 0 Å². The van der Waals surface area contributed by atoms with Crippen molar-refractivity contribution >= 4 is 11.9 Å². The van der Waals surface area contributed by atoms with Gasteiger partial charge in [0.25, 0.3) is 0 Å². The Bertz CT molecular complexity index is 262. The lowest BCUT2D eigenvalue weighted by Crippen LogP contribution is -2.50. The van der Waals surface area contributed by atoms with Crippen molar-refractivity contribution in [3.8, 4) is 0 Å². The number of esters is 1. The fourth-order valence-corrected chi connectivity index (χ4v) is 1.79. The summed E-state index contributed by atoms with van der Waals surface area (Å²) in [7, 11) is 1.37. The van der Waals surface area contributed by atoms with Gasteiger partial charge in [-0.2, -0.15) is 0 Å². The van der Waals surface area contributed by atoms with Crippen molar-refractivity contribution in [1.29, 1.82) is 0 Å². The van der Waals surface area contributed by atoms with Crippen molar-refractivity contribution in [2.45, 2.75) is 12.8 Å². The molecular formula is C11H20N2O4. The molecule has 0 atom stereocenters. The highest BCUT2D eigenvalue weighted by atomic mass is 16.5. The number of rotatable bonds is 5. The second kappa shape index (κ2) is 7.24. The van der Waals surface area contributed by atoms with E-state index in [1.54, 1.807) is 4.90 Å². The summed E-state index contributed by atoms with van der Waals surface area (Å²) in [6, 6.07) is 0. The highest BCUT2D eigenvalue weighted by molar-refractivity contribution is 5.76. The normalized spacial score (nSPS) is 16.9. The van der Waals surface area contributed by atoms with Crippen molar-refractivity contribution < 1.29 is 19.4 Å². The topological polar surface area (TPSA) is 70.1 Å². The molecule has 0 bridgehead atoms. The van der Waals surface area contributed by atoms with Gasteiger partial charge in [-0.15, -0.1) is 0 Å². The van der Waals surface area contributed by atoms with Crippen LogP contribution in [0.15, 0.2) is 0 Å². The zero-order valence-corrected chi connectivity index (χ0v) is 10.2. The first-order valence-electron chi connectivity index (χ1n) is 5.85. The molecule has 0 aliphatic carbocycles. The number of carbonyl (C=O) groups excluding carboxylic acids is 2. The van der Waals surface area contributed by atoms with Crippen LogP contribution in [0, 0.1) is 0 Å². The van der Waals surface area contributed by atoms with Crippen molar-refractivity contribution in [3.05, 3.63) is 0 Å². The lowest BCUT2D eigenvalue weighted by molar-refractivity contribution is -0.142. The van der Waals surface area contributed by atoms with Crippen LogP contribution >= 0.6 is 0 Å². The first-order chi connectivity index (χ1) is 8.17. The highest BCUT2D eigenvalue weighted by Gasteiger charge is 2.21. The molecule has 0 spiro atoms. The van der Waals surface area contributed by atoms with Gasteiger partial charge < -0.3 is 14.7 Å². The van der Waals surface area contributed by atoms with Gasteiger partial charge in [-0.05, 0) is 6.42 Å². The van der Waals surface area contributed by atoms with E-state index in [2.05, 4.69) is 4.74 Å². The number of piperazine rings is 1. The summed E-state index contributed by atoms with van der Waals surface area (Å²) in [5.74, 6) is -0.165. The molecule has 1 saturated heterocycles. The fourth-order valence-electron chi connectivity index (χ4n) is 1.79. The van der Waals surface area contributed by atoms with E-state index in [0.29, 0.717) is 39.0 Å². The average molecular weight is 244 g/mol. The van der Waals surface area contributed by atoms with Gasteiger partial charge in [0.05, 0.1) is 13.7 Å². The van der Waals surface area contributed by atoms with E-state index in [1.165, 1.54) is 7.11 Å². The van der Waals surface area contributed by atoms with E-state index in [9.17, 15) is 9.59 Å². The quantitative estimate of drug-likeness (QED) is 0.633. The van der Waals surface area contributed by atoms with Crippen LogP contribution in [0.1, 0.15) is 12.8 Å². The number of methoxy groups -OCH3 is 1. The van der Waals surface area contributed by atoms with Gasteiger partial charge in [0.1, 0.15) is 0 Å². The van der Waals surface area contributed by atoms with Gasteiger partial charge in [-0.25, -0.2) is 0 Å². The molecule has 1 rings (SSSR count). The Morgan fingerprint density at radius 2 is 1.88 bits per heavy atom. The smallest absolute Gasteiger partial charge is 0.319 e. The summed E-state index contributed by atoms with van der Waals surface area (Å²) < 4.78 is 4.59. The summed E-state index contributed by atoms with van der Waals surface area (Å²) in [6.07, 6.45) is 0.911. The van der Waals surface area contributed by atoms with Crippen molar-refractivity contribution in [1.82, 2.24) is 9.80 Å². The second-order valence-electron chi connectivity index (χ2n) is 4.06. The van der Waals surface area contributed by atoms with Gasteiger partial charge >= 0.3 is 5.97 Å². The maximum Gasteiger partial charge on any atom is 0.319 e. The summed E-state index contributed by atoms with van der Waals surface area (Å²) >= 11 is 0. The average Bonchev–Trinajstić information content (AvgIpc) is 2.36. The number of hydrogen-bond acceptors (Lipinski definition) is 5. The lowest BCUT2D eigenvalue weighted by atomic mass is 10.2. The van der Waals surface area contributed by atoms with Crippen LogP contribution in [0.3, 0.4) is 0 Å². The van der Waals surface area contributed by atoms with Crippen molar-refractivity contribution in [2.75, 3.05) is 46.4 Å². The third kappa shape index (κ3) is 4.70. The second-order valence-corrected chi connectivity index (χ2v) is 4.06. The van der Waals surface area contributed by atoms with E-state index in [-0.39, 0.29) is 25.0 Å². The SMILES string of the molecule is COC(=O)CN1CCN(C(=O)CCCO)CC1. The third-order valence-electron chi connectivity index (χ3n) is 2.85. The van der Waals surface area contributed by atoms with Gasteiger partial charge in [0.15, 0.2) is 0 Å². The summed E-state index contributed by atoms with van der Waals surface area (Å²) in [6.45, 7) is 3.01. The largest absolute Gasteiger partial charge is 0.468 e. The van der Waals surface area contributed by atoms with Crippen LogP contribution in [0.25, 0.3) is 0 Å². The predicted octanol–water partition coefficient (Wildman–Crippen LogP) is -0.924. The molecule has 6 heteroatoms. The number of aliphatic hydroxyl groups excluding tert-OH is 1. The minimum Gasteiger partial charge on any atom is -0.468 e. The van der Waals surface area contributed by atoms with Gasteiger partial charge in [-0.1, -0.05) is 0 Å². The Morgan fingerprint density at radius 3 is 2.41 bits per heavy atom. The van der Waals surface area contributed by atoms with E-state index in [0.717, 1.165) is 0 Å². The first-order valence-corrected chi connectivity index (χ1v) is 5.85. The van der Waals surface area contributed by atoms with Gasteiger partial charge in [0, 0.05) is 39.2 Å². The first kappa shape index (κ1) is 13.9. The molecule has 1 aliphatic rings. The van der Waals surface area contributed by atoms with E-state index in [4.69, 9.17) is 5.11 Å². The summed E-state index contributed by atoms with van der Waals surface area (Å²) in [4.78, 5) is 26.5. The summed E-state index contributed by atoms with van der Waals surface area (Å²) in [5.41, 5.74) is 0. The number of aliphatic hydroxyl groups is 1. The highest BCUT2D eigenvalue weighted by Crippen LogP contribution is 2.05. The van der Waals surface area contributed by atoms with Crippen LogP contribution in [0.4, 0.5) is 0 Å². The monoisotopic (exact) mass is 244 g/mol. The van der Waals surface area contributed by atoms with Crippen molar-refractivity contribution in [3.63, 3.8) is 0 Å². The van der Waals surface area contributed by atoms with Crippen LogP contribution in [-0.4, -0.2) is 73.2 Å². The molecule has 98 valence electrons. The molecular weight excluding hydrogens is 224 g/mol. The molecule has 0 aromatic carbocycles. The Hall–Kier alpha value is -1.14. The molecule has 0 aromatic rings. The fraction of sp³-hybridized carbons (Fsp3) is 0.818. The molecule has 17 heavy (non-hydrogen) atoms. The van der Waals surface area contributed by atoms with Crippen LogP contribution < -0.4 is 0 Å². The zero-order valence-electron chi connectivity index (χ0n) is 10.2. The molecule has 1 heterocycles. The Balaban J connectivity index is 2.25. The zero-order chi connectivity index (χ0) is 12.7. The number of nitrogens with zero attached hydrogens (tertiary/aromatic N) is 2. The van der Waals surface area contributed by atoms with Gasteiger partial charge in [-0.3, -0.25) is 14.5 Å². The minimum atomic E-state index is -0.245. The molecule has 1 aliphatic heterocycles. The number of carbonyl (C=O) groups is 2. The standard InChI is InChI=1S/C11H20N2O4/c1-17-11(16)9-12-4-6-13(7-5-12)10(15)3-2-8-14/h14H,2-9H2,1H3. The lowest BCUT2D eigenvalue weighted by Gasteiger charge is -2.34. The van der Waals surface area contributed by atoms with E-state index in [1.807, 2.05) is 4.90 Å². The molecule has 0 radical (unpaired) electrons. The number of amides is 1. The molecule has 1 fully saturated rings. The molecule has 6 nitrogen and oxygen atoms in total. The van der Waals surface area contributed by atoms with Crippen molar-refractivity contribution in [2.24, 2.45) is 0 Å². The third-order valence-corrected chi connectivity index (χ3v) is 2.85. The molecule has 1 amide bonds. The van der Waals surface area contributed by atoms with Crippen LogP contribution in [0.2, 0.25) is 0 Å². The Kier molecular flexibility index (Phi) is 5.93. The maximum absolute atomic E-state index is 11.6. The van der Waals surface area contributed by atoms with E-state index >= 15 is 0 Å². The van der Waals surface area contributed by atoms with E-state index < -0.39 is 0 Å². The molecule has 0 aromatic heterocycles. The molecule has 1 N–H and O–H groups in total. The Morgan fingerprint density at radius 1 is 1.24 bits per heavy atom. The minimum absolute atomic E-state index is 0.0496. The predicted molar refractivity (Wildman–Crippen MR) is 61.4 cm³/mol. The number of hydrogen-bond donors (Lipinski definition) is 1. The molecule has 0 unspecified atom stereocenters. The van der Waals surface area contributed by atoms with Crippen LogP contribution in [-0.2, 0) is 14.3 Å².